The highest BCUT2D eigenvalue weighted by molar-refractivity contribution is 6.08. The van der Waals surface area contributed by atoms with E-state index in [2.05, 4.69) is 20.4 Å². The van der Waals surface area contributed by atoms with Crippen LogP contribution in [0.5, 0.6) is 5.75 Å². The van der Waals surface area contributed by atoms with Crippen molar-refractivity contribution in [2.24, 2.45) is 0 Å². The van der Waals surface area contributed by atoms with Crippen molar-refractivity contribution in [1.29, 1.82) is 0 Å². The van der Waals surface area contributed by atoms with Crippen LogP contribution in [0.1, 0.15) is 35.9 Å². The van der Waals surface area contributed by atoms with Gasteiger partial charge in [-0.05, 0) is 48.1 Å². The Morgan fingerprint density at radius 2 is 2.09 bits per heavy atom. The monoisotopic (exact) mass is 468 g/mol. The highest BCUT2D eigenvalue weighted by atomic mass is 19.4. The molecule has 8 nitrogen and oxygen atoms in total. The second-order valence-electron chi connectivity index (χ2n) is 7.74. The zero-order chi connectivity index (χ0) is 23.8. The van der Waals surface area contributed by atoms with Crippen LogP contribution in [0.4, 0.5) is 33.9 Å². The third kappa shape index (κ3) is 5.33. The summed E-state index contributed by atoms with van der Waals surface area (Å²) in [5.74, 6) is -2.00. The number of anilines is 2. The number of nitrogens with zero attached hydrogens (tertiary/aromatic N) is 2. The van der Waals surface area contributed by atoms with Crippen LogP contribution >= 0.6 is 0 Å². The molecule has 2 aliphatic rings. The van der Waals surface area contributed by atoms with Crippen LogP contribution in [0.2, 0.25) is 0 Å². The summed E-state index contributed by atoms with van der Waals surface area (Å²) in [6, 6.07) is 3.00. The standard InChI is InChI=1S/C21H20F4N4O4/c1-32-10-16(12-4-5-17(14(22)6-12)33-21(23,24)25)28-20(31)29-9-18(30)27-15-7-13(11-2-3-11)8-26-19(15)29/h4-8,11,16H,2-3,9-10H2,1H3,(H,27,30)(H,28,31)/t16-/m0/s1. The number of ether oxygens (including phenoxy) is 2. The third-order valence-corrected chi connectivity index (χ3v) is 5.23. The minimum atomic E-state index is -5.04. The first-order chi connectivity index (χ1) is 15.6. The molecule has 0 saturated heterocycles. The molecule has 1 aromatic carbocycles. The number of pyridine rings is 1. The van der Waals surface area contributed by atoms with E-state index in [1.54, 1.807) is 12.3 Å². The smallest absolute Gasteiger partial charge is 0.403 e. The van der Waals surface area contributed by atoms with Crippen molar-refractivity contribution in [1.82, 2.24) is 10.3 Å². The second kappa shape index (κ2) is 8.85. The fraction of sp³-hybridized carbons (Fsp3) is 0.381. The summed E-state index contributed by atoms with van der Waals surface area (Å²) in [6.45, 7) is -0.396. The molecule has 12 heteroatoms. The zero-order valence-corrected chi connectivity index (χ0v) is 17.4. The maximum Gasteiger partial charge on any atom is 0.573 e. The van der Waals surface area contributed by atoms with E-state index in [1.807, 2.05) is 0 Å². The Balaban J connectivity index is 1.54. The van der Waals surface area contributed by atoms with Gasteiger partial charge in [0.05, 0.1) is 18.3 Å². The number of hydrogen-bond acceptors (Lipinski definition) is 5. The molecule has 4 rings (SSSR count). The molecule has 1 atom stereocenters. The normalized spacial score (nSPS) is 16.6. The lowest BCUT2D eigenvalue weighted by Gasteiger charge is -2.30. The van der Waals surface area contributed by atoms with E-state index in [0.717, 1.165) is 35.4 Å². The molecule has 2 N–H and O–H groups in total. The van der Waals surface area contributed by atoms with Gasteiger partial charge in [-0.3, -0.25) is 9.69 Å². The highest BCUT2D eigenvalue weighted by Gasteiger charge is 2.34. The Kier molecular flexibility index (Phi) is 6.11. The van der Waals surface area contributed by atoms with Gasteiger partial charge in [0.15, 0.2) is 17.4 Å². The van der Waals surface area contributed by atoms with Crippen LogP contribution in [0, 0.1) is 5.82 Å². The van der Waals surface area contributed by atoms with Crippen molar-refractivity contribution in [3.63, 3.8) is 0 Å². The van der Waals surface area contributed by atoms with Gasteiger partial charge in [0, 0.05) is 13.3 Å². The van der Waals surface area contributed by atoms with Gasteiger partial charge in [-0.15, -0.1) is 13.2 Å². The van der Waals surface area contributed by atoms with Gasteiger partial charge in [0.25, 0.3) is 0 Å². The molecule has 1 aliphatic heterocycles. The molecule has 2 aromatic rings. The number of methoxy groups -OCH3 is 1. The van der Waals surface area contributed by atoms with E-state index in [-0.39, 0.29) is 24.5 Å². The molecule has 1 aromatic heterocycles. The summed E-state index contributed by atoms with van der Waals surface area (Å²) in [4.78, 5) is 30.7. The summed E-state index contributed by atoms with van der Waals surface area (Å²) in [5.41, 5.74) is 1.54. The molecule has 0 radical (unpaired) electrons. The number of halogens is 4. The summed E-state index contributed by atoms with van der Waals surface area (Å²) >= 11 is 0. The van der Waals surface area contributed by atoms with E-state index in [1.165, 1.54) is 13.2 Å². The van der Waals surface area contributed by atoms with Crippen molar-refractivity contribution < 1.29 is 36.6 Å². The molecular formula is C21H20F4N4O4. The number of carbonyl (C=O) groups is 2. The second-order valence-corrected chi connectivity index (χ2v) is 7.74. The Morgan fingerprint density at radius 3 is 2.73 bits per heavy atom. The molecule has 1 saturated carbocycles. The topological polar surface area (TPSA) is 92.8 Å². The molecule has 2 heterocycles. The molecule has 1 fully saturated rings. The maximum atomic E-state index is 14.2. The lowest BCUT2D eigenvalue weighted by atomic mass is 10.1. The number of nitrogens with one attached hydrogen (secondary N) is 2. The molecule has 0 unspecified atom stereocenters. The van der Waals surface area contributed by atoms with E-state index >= 15 is 0 Å². The Hall–Kier alpha value is -3.41. The quantitative estimate of drug-likeness (QED) is 0.629. The van der Waals surface area contributed by atoms with Crippen LogP contribution in [0.3, 0.4) is 0 Å². The fourth-order valence-electron chi connectivity index (χ4n) is 3.55. The summed E-state index contributed by atoms with van der Waals surface area (Å²) in [7, 11) is 1.35. The fourth-order valence-corrected chi connectivity index (χ4v) is 3.55. The largest absolute Gasteiger partial charge is 0.573 e. The molecule has 0 spiro atoms. The van der Waals surface area contributed by atoms with Crippen LogP contribution < -0.4 is 20.3 Å². The molecular weight excluding hydrogens is 448 g/mol. The first kappa shape index (κ1) is 22.8. The van der Waals surface area contributed by atoms with Crippen molar-refractivity contribution in [3.8, 4) is 5.75 Å². The van der Waals surface area contributed by atoms with Gasteiger partial charge in [-0.1, -0.05) is 6.07 Å². The predicted octanol–water partition coefficient (Wildman–Crippen LogP) is 3.85. The third-order valence-electron chi connectivity index (χ3n) is 5.23. The van der Waals surface area contributed by atoms with E-state index in [9.17, 15) is 27.2 Å². The van der Waals surface area contributed by atoms with Gasteiger partial charge >= 0.3 is 12.4 Å². The lowest BCUT2D eigenvalue weighted by Crippen LogP contribution is -2.49. The van der Waals surface area contributed by atoms with Crippen molar-refractivity contribution in [2.75, 3.05) is 30.5 Å². The van der Waals surface area contributed by atoms with Crippen molar-refractivity contribution in [2.45, 2.75) is 31.2 Å². The van der Waals surface area contributed by atoms with Gasteiger partial charge in [0.1, 0.15) is 6.54 Å². The highest BCUT2D eigenvalue weighted by Crippen LogP contribution is 2.42. The van der Waals surface area contributed by atoms with Crippen molar-refractivity contribution >= 4 is 23.4 Å². The number of carbonyl (C=O) groups excluding carboxylic acids is 2. The van der Waals surface area contributed by atoms with E-state index in [0.29, 0.717) is 11.6 Å². The number of amides is 3. The van der Waals surface area contributed by atoms with Crippen LogP contribution in [-0.2, 0) is 9.53 Å². The van der Waals surface area contributed by atoms with E-state index in [4.69, 9.17) is 4.74 Å². The van der Waals surface area contributed by atoms with Gasteiger partial charge < -0.3 is 20.1 Å². The van der Waals surface area contributed by atoms with Gasteiger partial charge in [0.2, 0.25) is 5.91 Å². The molecule has 1 aliphatic carbocycles. The number of rotatable bonds is 6. The van der Waals surface area contributed by atoms with E-state index < -0.39 is 35.9 Å². The minimum Gasteiger partial charge on any atom is -0.403 e. The zero-order valence-electron chi connectivity index (χ0n) is 17.4. The Morgan fingerprint density at radius 1 is 1.33 bits per heavy atom. The average Bonchev–Trinajstić information content (AvgIpc) is 3.58. The number of aromatic nitrogens is 1. The van der Waals surface area contributed by atoms with Crippen LogP contribution in [0.15, 0.2) is 30.5 Å². The number of urea groups is 1. The summed E-state index contributed by atoms with van der Waals surface area (Å²) in [5, 5.41) is 5.33. The number of alkyl halides is 3. The summed E-state index contributed by atoms with van der Waals surface area (Å²) < 4.78 is 60.1. The predicted molar refractivity (Wildman–Crippen MR) is 108 cm³/mol. The molecule has 176 valence electrons. The van der Waals surface area contributed by atoms with Crippen molar-refractivity contribution in [3.05, 3.63) is 47.4 Å². The Labute approximate surface area is 185 Å². The number of hydrogen-bond donors (Lipinski definition) is 2. The van der Waals surface area contributed by atoms with Crippen LogP contribution in [0.25, 0.3) is 0 Å². The maximum absolute atomic E-state index is 14.2. The first-order valence-electron chi connectivity index (χ1n) is 10.1. The number of benzene rings is 1. The Bertz CT molecular complexity index is 1070. The number of fused-ring (bicyclic) bond motifs is 1. The minimum absolute atomic E-state index is 0.106. The first-order valence-corrected chi connectivity index (χ1v) is 10.1. The summed E-state index contributed by atoms with van der Waals surface area (Å²) in [6.07, 6.45) is -1.30. The molecule has 3 amide bonds. The lowest BCUT2D eigenvalue weighted by molar-refractivity contribution is -0.275. The average molecular weight is 468 g/mol. The van der Waals surface area contributed by atoms with Gasteiger partial charge in [-0.25, -0.2) is 14.2 Å². The van der Waals surface area contributed by atoms with Gasteiger partial charge in [-0.2, -0.15) is 0 Å². The SMILES string of the molecule is COC[C@H](NC(=O)N1CC(=O)Nc2cc(C3CC3)cnc21)c1ccc(OC(F)(F)F)c(F)c1. The van der Waals surface area contributed by atoms with Crippen LogP contribution in [-0.4, -0.2) is 43.5 Å². The molecule has 33 heavy (non-hydrogen) atoms. The molecule has 0 bridgehead atoms.